The first-order valence-corrected chi connectivity index (χ1v) is 12.5. The Labute approximate surface area is 226 Å². The van der Waals surface area contributed by atoms with E-state index in [4.69, 9.17) is 16.3 Å². The van der Waals surface area contributed by atoms with Gasteiger partial charge in [0.2, 0.25) is 0 Å². The second kappa shape index (κ2) is 11.9. The summed E-state index contributed by atoms with van der Waals surface area (Å²) in [6.07, 6.45) is 1.37. The number of ketones is 1. The molecule has 0 bridgehead atoms. The lowest BCUT2D eigenvalue weighted by atomic mass is 10.0. The number of carbonyl (C=O) groups excluding carboxylic acids is 3. The van der Waals surface area contributed by atoms with E-state index in [9.17, 15) is 19.2 Å². The van der Waals surface area contributed by atoms with Crippen molar-refractivity contribution in [3.8, 4) is 5.75 Å². The molecule has 4 aromatic rings. The normalized spacial score (nSPS) is 10.6. The highest BCUT2D eigenvalue weighted by atomic mass is 35.5. The average molecular weight is 552 g/mol. The third kappa shape index (κ3) is 6.01. The molecule has 8 nitrogen and oxygen atoms in total. The molecule has 10 heteroatoms. The van der Waals surface area contributed by atoms with Crippen LogP contribution in [-0.4, -0.2) is 43.1 Å². The monoisotopic (exact) mass is 551 g/mol. The molecule has 0 fully saturated rings. The molecule has 0 unspecified atom stereocenters. The van der Waals surface area contributed by atoms with Gasteiger partial charge < -0.3 is 14.2 Å². The van der Waals surface area contributed by atoms with Crippen molar-refractivity contribution in [2.24, 2.45) is 0 Å². The number of ether oxygens (including phenoxy) is 3. The Morgan fingerprint density at radius 1 is 0.895 bits per heavy atom. The zero-order chi connectivity index (χ0) is 27.2. The second-order valence-electron chi connectivity index (χ2n) is 8.00. The van der Waals surface area contributed by atoms with Gasteiger partial charge in [0.1, 0.15) is 17.9 Å². The molecule has 0 N–H and O–H groups in total. The number of aromatic nitrogens is 1. The molecule has 1 heterocycles. The minimum absolute atomic E-state index is 0.150. The molecular formula is C28H22ClNO7S. The molecule has 0 saturated carbocycles. The number of halogens is 1. The molecule has 0 aliphatic heterocycles. The minimum Gasteiger partial charge on any atom is -0.492 e. The van der Waals surface area contributed by atoms with Crippen LogP contribution in [0.25, 0.3) is 16.3 Å². The van der Waals surface area contributed by atoms with Gasteiger partial charge in [-0.15, -0.1) is 0 Å². The Bertz CT molecular complexity index is 1570. The SMILES string of the molecule is COC(=O)C(=Cc1ccc(OCCn2c(=O)sc3cc(C(=O)c4ccc(Cl)cc4)ccc32)cc1)C(=O)OC. The van der Waals surface area contributed by atoms with E-state index in [1.54, 1.807) is 71.3 Å². The topological polar surface area (TPSA) is 101 Å². The van der Waals surface area contributed by atoms with Crippen LogP contribution in [0.4, 0.5) is 0 Å². The van der Waals surface area contributed by atoms with Gasteiger partial charge in [-0.25, -0.2) is 9.59 Å². The van der Waals surface area contributed by atoms with Gasteiger partial charge in [-0.2, -0.15) is 0 Å². The molecule has 0 atom stereocenters. The Hall–Kier alpha value is -4.21. The molecule has 0 radical (unpaired) electrons. The molecular weight excluding hydrogens is 530 g/mol. The van der Waals surface area contributed by atoms with Gasteiger partial charge >= 0.3 is 16.8 Å². The van der Waals surface area contributed by atoms with Crippen LogP contribution in [-0.2, 0) is 25.6 Å². The van der Waals surface area contributed by atoms with Crippen molar-refractivity contribution in [1.82, 2.24) is 4.57 Å². The fraction of sp³-hybridized carbons (Fsp3) is 0.143. The molecule has 0 spiro atoms. The van der Waals surface area contributed by atoms with Crippen molar-refractivity contribution >= 4 is 57.0 Å². The van der Waals surface area contributed by atoms with Gasteiger partial charge in [-0.3, -0.25) is 14.2 Å². The van der Waals surface area contributed by atoms with Crippen LogP contribution in [0.5, 0.6) is 5.75 Å². The number of hydrogen-bond donors (Lipinski definition) is 0. The summed E-state index contributed by atoms with van der Waals surface area (Å²) in [5.41, 5.74) is 2.07. The van der Waals surface area contributed by atoms with Crippen LogP contribution < -0.4 is 9.61 Å². The highest BCUT2D eigenvalue weighted by molar-refractivity contribution is 7.16. The van der Waals surface area contributed by atoms with Crippen LogP contribution in [0.1, 0.15) is 21.5 Å². The van der Waals surface area contributed by atoms with E-state index in [-0.39, 0.29) is 22.8 Å². The lowest BCUT2D eigenvalue weighted by Crippen LogP contribution is -2.17. The van der Waals surface area contributed by atoms with Gasteiger partial charge in [0.25, 0.3) is 0 Å². The van der Waals surface area contributed by atoms with Crippen LogP contribution in [0.15, 0.2) is 77.1 Å². The average Bonchev–Trinajstić information content (AvgIpc) is 3.25. The molecule has 3 aromatic carbocycles. The predicted octanol–water partition coefficient (Wildman–Crippen LogP) is 4.76. The number of nitrogens with zero attached hydrogens (tertiary/aromatic N) is 1. The molecule has 0 saturated heterocycles. The van der Waals surface area contributed by atoms with Crippen molar-refractivity contribution in [3.05, 3.63) is 104 Å². The summed E-state index contributed by atoms with van der Waals surface area (Å²) < 4.78 is 17.3. The van der Waals surface area contributed by atoms with E-state index >= 15 is 0 Å². The van der Waals surface area contributed by atoms with Crippen LogP contribution in [0.3, 0.4) is 0 Å². The molecule has 0 aliphatic carbocycles. The number of hydrogen-bond acceptors (Lipinski definition) is 8. The number of carbonyl (C=O) groups is 3. The summed E-state index contributed by atoms with van der Waals surface area (Å²) in [6, 6.07) is 18.5. The summed E-state index contributed by atoms with van der Waals surface area (Å²) in [6.45, 7) is 0.530. The fourth-order valence-corrected chi connectivity index (χ4v) is 4.77. The molecule has 0 amide bonds. The van der Waals surface area contributed by atoms with Crippen LogP contribution >= 0.6 is 22.9 Å². The Kier molecular flexibility index (Phi) is 8.40. The van der Waals surface area contributed by atoms with Gasteiger partial charge in [-0.05, 0) is 66.2 Å². The largest absolute Gasteiger partial charge is 0.492 e. The van der Waals surface area contributed by atoms with Crippen molar-refractivity contribution in [2.75, 3.05) is 20.8 Å². The van der Waals surface area contributed by atoms with Crippen molar-refractivity contribution in [3.63, 3.8) is 0 Å². The van der Waals surface area contributed by atoms with Gasteiger partial charge in [0.05, 0.1) is 31.0 Å². The second-order valence-corrected chi connectivity index (χ2v) is 9.43. The highest BCUT2D eigenvalue weighted by Crippen LogP contribution is 2.22. The van der Waals surface area contributed by atoms with Crippen molar-refractivity contribution in [1.29, 1.82) is 0 Å². The lowest BCUT2D eigenvalue weighted by molar-refractivity contribution is -0.143. The van der Waals surface area contributed by atoms with Crippen LogP contribution in [0.2, 0.25) is 5.02 Å². The first-order chi connectivity index (χ1) is 18.3. The smallest absolute Gasteiger partial charge is 0.345 e. The van der Waals surface area contributed by atoms with Gasteiger partial charge in [-0.1, -0.05) is 35.1 Å². The van der Waals surface area contributed by atoms with Crippen molar-refractivity contribution < 1.29 is 28.6 Å². The highest BCUT2D eigenvalue weighted by Gasteiger charge is 2.19. The first kappa shape index (κ1) is 26.8. The number of rotatable bonds is 9. The quantitative estimate of drug-likeness (QED) is 0.0972. The van der Waals surface area contributed by atoms with Gasteiger partial charge in [0.15, 0.2) is 5.78 Å². The third-order valence-corrected chi connectivity index (χ3v) is 6.82. The number of esters is 2. The molecule has 0 aliphatic rings. The number of methoxy groups -OCH3 is 2. The maximum atomic E-state index is 12.8. The van der Waals surface area contributed by atoms with Crippen LogP contribution in [0, 0.1) is 0 Å². The summed E-state index contributed by atoms with van der Waals surface area (Å²) in [4.78, 5) is 48.9. The minimum atomic E-state index is -0.799. The van der Waals surface area contributed by atoms with Gasteiger partial charge in [0, 0.05) is 16.1 Å². The summed E-state index contributed by atoms with van der Waals surface area (Å²) in [7, 11) is 2.36. The van der Waals surface area contributed by atoms with E-state index in [0.717, 1.165) is 16.9 Å². The zero-order valence-electron chi connectivity index (χ0n) is 20.4. The predicted molar refractivity (Wildman–Crippen MR) is 145 cm³/mol. The fourth-order valence-electron chi connectivity index (χ4n) is 3.69. The number of fused-ring (bicyclic) bond motifs is 1. The lowest BCUT2D eigenvalue weighted by Gasteiger charge is -2.08. The van der Waals surface area contributed by atoms with Crippen molar-refractivity contribution in [2.45, 2.75) is 6.54 Å². The summed E-state index contributed by atoms with van der Waals surface area (Å²) >= 11 is 6.97. The van der Waals surface area contributed by atoms with E-state index < -0.39 is 11.9 Å². The Morgan fingerprint density at radius 3 is 2.16 bits per heavy atom. The summed E-state index contributed by atoms with van der Waals surface area (Å²) in [5.74, 6) is -1.20. The molecule has 1 aromatic heterocycles. The maximum absolute atomic E-state index is 12.8. The van der Waals surface area contributed by atoms with E-state index in [2.05, 4.69) is 9.47 Å². The first-order valence-electron chi connectivity index (χ1n) is 11.4. The Morgan fingerprint density at radius 2 is 1.53 bits per heavy atom. The van der Waals surface area contributed by atoms with E-state index in [1.807, 2.05) is 0 Å². The van der Waals surface area contributed by atoms with E-state index in [1.165, 1.54) is 20.3 Å². The molecule has 38 heavy (non-hydrogen) atoms. The number of thiazole rings is 1. The standard InChI is InChI=1S/C28H22ClNO7S/c1-35-26(32)22(27(33)36-2)15-17-3-10-21(11-4-17)37-14-13-30-23-12-7-19(16-24(23)38-28(30)34)25(31)18-5-8-20(29)9-6-18/h3-12,15-16H,13-14H2,1-2H3. The number of benzene rings is 3. The third-order valence-electron chi connectivity index (χ3n) is 5.62. The van der Waals surface area contributed by atoms with E-state index in [0.29, 0.717) is 38.7 Å². The maximum Gasteiger partial charge on any atom is 0.345 e. The zero-order valence-corrected chi connectivity index (χ0v) is 22.0. The molecule has 4 rings (SSSR count). The molecule has 194 valence electrons. The summed E-state index contributed by atoms with van der Waals surface area (Å²) in [5, 5.41) is 0.550. The Balaban J connectivity index is 1.43.